The number of carbonyl (C=O) groups excluding carboxylic acids is 2. The maximum atomic E-state index is 13.4. The maximum Gasteiger partial charge on any atom is 0.231 e. The van der Waals surface area contributed by atoms with Gasteiger partial charge in [-0.25, -0.2) is 0 Å². The first-order valence-electron chi connectivity index (χ1n) is 11.3. The predicted octanol–water partition coefficient (Wildman–Crippen LogP) is 2.73. The third kappa shape index (κ3) is 4.58. The van der Waals surface area contributed by atoms with Gasteiger partial charge in [0, 0.05) is 19.5 Å². The van der Waals surface area contributed by atoms with Crippen LogP contribution in [0.1, 0.15) is 50.5 Å². The normalized spacial score (nSPS) is 26.0. The van der Waals surface area contributed by atoms with Gasteiger partial charge in [-0.3, -0.25) is 9.59 Å². The zero-order chi connectivity index (χ0) is 22.1. The van der Waals surface area contributed by atoms with Crippen molar-refractivity contribution in [2.75, 3.05) is 32.2 Å². The van der Waals surface area contributed by atoms with Gasteiger partial charge in [-0.15, -0.1) is 0 Å². The fourth-order valence-electron chi connectivity index (χ4n) is 4.99. The van der Waals surface area contributed by atoms with Crippen LogP contribution in [0.15, 0.2) is 24.3 Å². The Labute approximate surface area is 189 Å². The predicted molar refractivity (Wildman–Crippen MR) is 122 cm³/mol. The highest BCUT2D eigenvalue weighted by Gasteiger charge is 2.48. The number of piperidine rings is 1. The number of nitrogens with one attached hydrogen (secondary N) is 1. The molecule has 2 aliphatic carbocycles. The summed E-state index contributed by atoms with van der Waals surface area (Å²) in [7, 11) is 1.63. The van der Waals surface area contributed by atoms with Gasteiger partial charge in [-0.05, 0) is 67.2 Å². The van der Waals surface area contributed by atoms with Crippen molar-refractivity contribution < 1.29 is 19.4 Å². The molecule has 4 rings (SSSR count). The number of carbonyl (C=O) groups is 2. The quantitative estimate of drug-likeness (QED) is 0.642. The van der Waals surface area contributed by atoms with Crippen LogP contribution in [0.2, 0.25) is 0 Å². The first kappa shape index (κ1) is 22.5. The molecule has 1 aromatic carbocycles. The van der Waals surface area contributed by atoms with E-state index >= 15 is 0 Å². The second kappa shape index (κ2) is 9.02. The van der Waals surface area contributed by atoms with Gasteiger partial charge in [-0.2, -0.15) is 11.8 Å². The minimum atomic E-state index is -0.623. The molecule has 7 heteroatoms. The molecule has 3 aliphatic rings. The number of aliphatic hydroxyl groups is 1. The number of hydrogen-bond acceptors (Lipinski definition) is 5. The van der Waals surface area contributed by atoms with Crippen LogP contribution in [0, 0.1) is 5.41 Å². The Morgan fingerprint density at radius 1 is 1.23 bits per heavy atom. The van der Waals surface area contributed by atoms with Crippen molar-refractivity contribution >= 4 is 23.6 Å². The average Bonchev–Trinajstić information content (AvgIpc) is 3.48. The van der Waals surface area contributed by atoms with Crippen molar-refractivity contribution in [2.24, 2.45) is 5.41 Å². The fourth-order valence-corrected chi connectivity index (χ4v) is 5.99. The molecule has 0 unspecified atom stereocenters. The van der Waals surface area contributed by atoms with E-state index in [0.29, 0.717) is 25.9 Å². The van der Waals surface area contributed by atoms with Crippen molar-refractivity contribution in [1.82, 2.24) is 10.2 Å². The number of nitrogens with zero attached hydrogens (tertiary/aromatic N) is 1. The lowest BCUT2D eigenvalue weighted by Gasteiger charge is -2.44. The van der Waals surface area contributed by atoms with E-state index < -0.39 is 17.6 Å². The van der Waals surface area contributed by atoms with Gasteiger partial charge in [-0.1, -0.05) is 18.6 Å². The molecule has 1 heterocycles. The number of thioether (sulfide) groups is 1. The topological polar surface area (TPSA) is 78.9 Å². The van der Waals surface area contributed by atoms with E-state index in [0.717, 1.165) is 49.2 Å². The molecule has 1 aliphatic heterocycles. The SMILES string of the molecule is COc1ccc(C2(C(=O)N[C@@H]3CN(C(=O)CC4(CSC)CC4)CC[C@H]3O)CCC2)cc1. The van der Waals surface area contributed by atoms with Gasteiger partial charge >= 0.3 is 0 Å². The van der Waals surface area contributed by atoms with E-state index in [1.165, 1.54) is 0 Å². The third-order valence-corrected chi connectivity index (χ3v) is 8.36. The largest absolute Gasteiger partial charge is 0.497 e. The van der Waals surface area contributed by atoms with Crippen molar-refractivity contribution in [3.05, 3.63) is 29.8 Å². The molecule has 170 valence electrons. The molecule has 31 heavy (non-hydrogen) atoms. The molecule has 0 bridgehead atoms. The average molecular weight is 447 g/mol. The lowest BCUT2D eigenvalue weighted by molar-refractivity contribution is -0.138. The number of amides is 2. The Balaban J connectivity index is 1.40. The number of aliphatic hydroxyl groups excluding tert-OH is 1. The first-order valence-corrected chi connectivity index (χ1v) is 12.7. The minimum absolute atomic E-state index is 0.0386. The summed E-state index contributed by atoms with van der Waals surface area (Å²) in [5.74, 6) is 1.92. The molecule has 6 nitrogen and oxygen atoms in total. The van der Waals surface area contributed by atoms with E-state index in [4.69, 9.17) is 4.74 Å². The van der Waals surface area contributed by atoms with Crippen LogP contribution in [0.25, 0.3) is 0 Å². The van der Waals surface area contributed by atoms with E-state index in [-0.39, 0.29) is 17.2 Å². The summed E-state index contributed by atoms with van der Waals surface area (Å²) < 4.78 is 5.25. The van der Waals surface area contributed by atoms with Crippen LogP contribution in [0.3, 0.4) is 0 Å². The number of rotatable bonds is 8. The highest BCUT2D eigenvalue weighted by molar-refractivity contribution is 7.98. The molecule has 2 amide bonds. The van der Waals surface area contributed by atoms with Crippen LogP contribution in [-0.2, 0) is 15.0 Å². The number of ether oxygens (including phenoxy) is 1. The van der Waals surface area contributed by atoms with Gasteiger partial charge < -0.3 is 20.1 Å². The fraction of sp³-hybridized carbons (Fsp3) is 0.667. The molecular formula is C24H34N2O4S. The molecule has 1 aromatic rings. The first-order chi connectivity index (χ1) is 14.9. The molecule has 2 atom stereocenters. The Morgan fingerprint density at radius 3 is 2.48 bits per heavy atom. The van der Waals surface area contributed by atoms with E-state index in [2.05, 4.69) is 11.6 Å². The summed E-state index contributed by atoms with van der Waals surface area (Å²) in [6, 6.07) is 7.29. The standard InChI is InChI=1S/C24H34N2O4S/c1-30-18-6-4-17(5-7-18)24(9-3-10-24)22(29)25-19-15-26(13-8-20(19)27)21(28)14-23(11-12-23)16-31-2/h4-7,19-20,27H,3,8-16H2,1-2H3,(H,25,29)/t19-,20-/m1/s1. The summed E-state index contributed by atoms with van der Waals surface area (Å²) >= 11 is 1.81. The van der Waals surface area contributed by atoms with Gasteiger partial charge in [0.05, 0.1) is 24.7 Å². The van der Waals surface area contributed by atoms with Crippen molar-refractivity contribution in [3.8, 4) is 5.75 Å². The van der Waals surface area contributed by atoms with Crippen LogP contribution in [0.5, 0.6) is 5.75 Å². The lowest BCUT2D eigenvalue weighted by atomic mass is 9.63. The van der Waals surface area contributed by atoms with Crippen LogP contribution in [-0.4, -0.2) is 66.2 Å². The highest BCUT2D eigenvalue weighted by atomic mass is 32.2. The van der Waals surface area contributed by atoms with Crippen LogP contribution >= 0.6 is 11.8 Å². The second-order valence-corrected chi connectivity index (χ2v) is 10.4. The van der Waals surface area contributed by atoms with E-state index in [1.54, 1.807) is 18.9 Å². The smallest absolute Gasteiger partial charge is 0.231 e. The van der Waals surface area contributed by atoms with Crippen molar-refractivity contribution in [1.29, 1.82) is 0 Å². The van der Waals surface area contributed by atoms with Crippen molar-refractivity contribution in [3.63, 3.8) is 0 Å². The molecule has 0 aromatic heterocycles. The molecule has 3 fully saturated rings. The number of hydrogen-bond donors (Lipinski definition) is 2. The Morgan fingerprint density at radius 2 is 1.94 bits per heavy atom. The molecule has 0 radical (unpaired) electrons. The van der Waals surface area contributed by atoms with Crippen LogP contribution in [0.4, 0.5) is 0 Å². The minimum Gasteiger partial charge on any atom is -0.497 e. The summed E-state index contributed by atoms with van der Waals surface area (Å²) in [4.78, 5) is 28.1. The van der Waals surface area contributed by atoms with Gasteiger partial charge in [0.2, 0.25) is 11.8 Å². The van der Waals surface area contributed by atoms with Crippen molar-refractivity contribution in [2.45, 2.75) is 62.5 Å². The molecule has 2 N–H and O–H groups in total. The Hall–Kier alpha value is -1.73. The summed E-state index contributed by atoms with van der Waals surface area (Å²) in [6.45, 7) is 0.950. The molecule has 2 saturated carbocycles. The second-order valence-electron chi connectivity index (χ2n) is 9.55. The number of likely N-dealkylation sites (tertiary alicyclic amines) is 1. The van der Waals surface area contributed by atoms with Crippen LogP contribution < -0.4 is 10.1 Å². The van der Waals surface area contributed by atoms with E-state index in [1.807, 2.05) is 29.2 Å². The third-order valence-electron chi connectivity index (χ3n) is 7.46. The zero-order valence-electron chi connectivity index (χ0n) is 18.6. The lowest BCUT2D eigenvalue weighted by Crippen LogP contribution is -2.60. The zero-order valence-corrected chi connectivity index (χ0v) is 19.4. The summed E-state index contributed by atoms with van der Waals surface area (Å²) in [5.41, 5.74) is 0.618. The number of methoxy groups -OCH3 is 1. The Bertz CT molecular complexity index is 804. The molecule has 0 spiro atoms. The maximum absolute atomic E-state index is 13.4. The number of benzene rings is 1. The molecule has 1 saturated heterocycles. The van der Waals surface area contributed by atoms with Gasteiger partial charge in [0.25, 0.3) is 0 Å². The van der Waals surface area contributed by atoms with Gasteiger partial charge in [0.1, 0.15) is 5.75 Å². The Kier molecular flexibility index (Phi) is 6.54. The van der Waals surface area contributed by atoms with Gasteiger partial charge in [0.15, 0.2) is 0 Å². The summed E-state index contributed by atoms with van der Waals surface area (Å²) in [6.07, 6.45) is 7.41. The molecular weight excluding hydrogens is 412 g/mol. The monoisotopic (exact) mass is 446 g/mol. The van der Waals surface area contributed by atoms with E-state index in [9.17, 15) is 14.7 Å². The highest BCUT2D eigenvalue weighted by Crippen LogP contribution is 2.51. The summed E-state index contributed by atoms with van der Waals surface area (Å²) in [5, 5.41) is 13.7.